The largest absolute Gasteiger partial charge is 0.396 e. The molecule has 2 fully saturated rings. The monoisotopic (exact) mass is 273 g/mol. The Morgan fingerprint density at radius 1 is 1.00 bits per heavy atom. The molecule has 1 atom stereocenters. The van der Waals surface area contributed by atoms with Gasteiger partial charge in [-0.15, -0.1) is 0 Å². The van der Waals surface area contributed by atoms with Crippen molar-refractivity contribution in [2.75, 3.05) is 19.7 Å². The molecule has 20 heavy (non-hydrogen) atoms. The van der Waals surface area contributed by atoms with Crippen LogP contribution in [0.2, 0.25) is 0 Å². The van der Waals surface area contributed by atoms with Crippen LogP contribution in [0.1, 0.15) is 50.0 Å². The van der Waals surface area contributed by atoms with Crippen LogP contribution in [0.3, 0.4) is 0 Å². The highest BCUT2D eigenvalue weighted by atomic mass is 16.3. The lowest BCUT2D eigenvalue weighted by atomic mass is 9.80. The van der Waals surface area contributed by atoms with E-state index in [4.69, 9.17) is 0 Å². The number of hydrogen-bond acceptors (Lipinski definition) is 2. The summed E-state index contributed by atoms with van der Waals surface area (Å²) in [6, 6.07) is 11.8. The van der Waals surface area contributed by atoms with Crippen molar-refractivity contribution in [2.24, 2.45) is 5.92 Å². The SMILES string of the molecule is OC[C@@H]1CCCN(C2CCC(c3ccccc3)CC2)C1. The van der Waals surface area contributed by atoms with E-state index < -0.39 is 0 Å². The van der Waals surface area contributed by atoms with Gasteiger partial charge in [-0.2, -0.15) is 0 Å². The zero-order chi connectivity index (χ0) is 13.8. The molecule has 110 valence electrons. The van der Waals surface area contributed by atoms with Crippen molar-refractivity contribution in [1.82, 2.24) is 4.90 Å². The van der Waals surface area contributed by atoms with E-state index in [9.17, 15) is 5.11 Å². The summed E-state index contributed by atoms with van der Waals surface area (Å²) in [5.41, 5.74) is 1.53. The van der Waals surface area contributed by atoms with Crippen LogP contribution in [-0.2, 0) is 0 Å². The van der Waals surface area contributed by atoms with Gasteiger partial charge >= 0.3 is 0 Å². The van der Waals surface area contributed by atoms with Gasteiger partial charge in [-0.05, 0) is 62.5 Å². The van der Waals surface area contributed by atoms with Crippen LogP contribution in [0.5, 0.6) is 0 Å². The van der Waals surface area contributed by atoms with Crippen molar-refractivity contribution in [3.05, 3.63) is 35.9 Å². The third kappa shape index (κ3) is 3.24. The molecular formula is C18H27NO. The molecule has 0 spiro atoms. The third-order valence-corrected chi connectivity index (χ3v) is 5.29. The lowest BCUT2D eigenvalue weighted by Gasteiger charge is -2.41. The van der Waals surface area contributed by atoms with Crippen LogP contribution in [0.4, 0.5) is 0 Å². The Morgan fingerprint density at radius 2 is 1.75 bits per heavy atom. The number of benzene rings is 1. The molecule has 2 nitrogen and oxygen atoms in total. The van der Waals surface area contributed by atoms with Gasteiger partial charge in [-0.3, -0.25) is 0 Å². The lowest BCUT2D eigenvalue weighted by molar-refractivity contribution is 0.0696. The Balaban J connectivity index is 1.53. The number of aliphatic hydroxyl groups excluding tert-OH is 1. The average molecular weight is 273 g/mol. The van der Waals surface area contributed by atoms with E-state index in [1.54, 1.807) is 0 Å². The van der Waals surface area contributed by atoms with Gasteiger partial charge < -0.3 is 10.0 Å². The summed E-state index contributed by atoms with van der Waals surface area (Å²) in [7, 11) is 0. The number of hydrogen-bond donors (Lipinski definition) is 1. The van der Waals surface area contributed by atoms with E-state index in [1.165, 1.54) is 50.6 Å². The Hall–Kier alpha value is -0.860. The van der Waals surface area contributed by atoms with Crippen LogP contribution in [0.25, 0.3) is 0 Å². The maximum Gasteiger partial charge on any atom is 0.0471 e. The summed E-state index contributed by atoms with van der Waals surface area (Å²) in [5.74, 6) is 1.29. The minimum absolute atomic E-state index is 0.371. The zero-order valence-electron chi connectivity index (χ0n) is 12.4. The molecule has 0 unspecified atom stereocenters. The number of nitrogens with zero attached hydrogens (tertiary/aromatic N) is 1. The summed E-state index contributed by atoms with van der Waals surface area (Å²) in [6.45, 7) is 2.74. The normalized spacial score (nSPS) is 32.1. The van der Waals surface area contributed by atoms with Gasteiger partial charge in [0.1, 0.15) is 0 Å². The molecule has 1 aliphatic heterocycles. The molecular weight excluding hydrogens is 246 g/mol. The van der Waals surface area contributed by atoms with Gasteiger partial charge in [0.25, 0.3) is 0 Å². The summed E-state index contributed by atoms with van der Waals surface area (Å²) in [5, 5.41) is 9.37. The second-order valence-corrected chi connectivity index (χ2v) is 6.60. The molecule has 1 aromatic rings. The van der Waals surface area contributed by atoms with Crippen LogP contribution in [-0.4, -0.2) is 35.7 Å². The molecule has 0 aromatic heterocycles. The number of likely N-dealkylation sites (tertiary alicyclic amines) is 1. The van der Waals surface area contributed by atoms with Crippen molar-refractivity contribution in [3.8, 4) is 0 Å². The maximum absolute atomic E-state index is 9.37. The number of rotatable bonds is 3. The van der Waals surface area contributed by atoms with E-state index in [1.807, 2.05) is 0 Å². The fraction of sp³-hybridized carbons (Fsp3) is 0.667. The Morgan fingerprint density at radius 3 is 2.45 bits per heavy atom. The van der Waals surface area contributed by atoms with Crippen LogP contribution < -0.4 is 0 Å². The quantitative estimate of drug-likeness (QED) is 0.912. The molecule has 0 bridgehead atoms. The van der Waals surface area contributed by atoms with E-state index in [0.29, 0.717) is 12.5 Å². The second-order valence-electron chi connectivity index (χ2n) is 6.60. The minimum atomic E-state index is 0.371. The molecule has 0 amide bonds. The molecule has 0 radical (unpaired) electrons. The predicted octanol–water partition coefficient (Wildman–Crippen LogP) is 3.42. The molecule has 2 heteroatoms. The minimum Gasteiger partial charge on any atom is -0.396 e. The van der Waals surface area contributed by atoms with E-state index in [-0.39, 0.29) is 0 Å². The standard InChI is InChI=1S/C18H27NO/c20-14-15-5-4-12-19(13-15)18-10-8-17(9-11-18)16-6-2-1-3-7-16/h1-3,6-7,15,17-18,20H,4-5,8-14H2/t15-,17?,18?/m1/s1. The highest BCUT2D eigenvalue weighted by Gasteiger charge is 2.29. The zero-order valence-corrected chi connectivity index (χ0v) is 12.4. The van der Waals surface area contributed by atoms with E-state index in [0.717, 1.165) is 18.5 Å². The van der Waals surface area contributed by atoms with Crippen molar-refractivity contribution in [3.63, 3.8) is 0 Å². The van der Waals surface area contributed by atoms with Crippen LogP contribution in [0, 0.1) is 5.92 Å². The highest BCUT2D eigenvalue weighted by molar-refractivity contribution is 5.20. The van der Waals surface area contributed by atoms with Gasteiger partial charge in [-0.1, -0.05) is 30.3 Å². The van der Waals surface area contributed by atoms with Crippen molar-refractivity contribution < 1.29 is 5.11 Å². The Kier molecular flexibility index (Phi) is 4.74. The van der Waals surface area contributed by atoms with E-state index >= 15 is 0 Å². The fourth-order valence-corrected chi connectivity index (χ4v) is 4.08. The molecule has 1 N–H and O–H groups in total. The number of aliphatic hydroxyl groups is 1. The van der Waals surface area contributed by atoms with Gasteiger partial charge in [0.15, 0.2) is 0 Å². The predicted molar refractivity (Wildman–Crippen MR) is 82.8 cm³/mol. The average Bonchev–Trinajstić information content (AvgIpc) is 2.56. The first-order valence-electron chi connectivity index (χ1n) is 8.26. The second kappa shape index (κ2) is 6.73. The Bertz CT molecular complexity index is 397. The van der Waals surface area contributed by atoms with Crippen molar-refractivity contribution in [1.29, 1.82) is 0 Å². The summed E-state index contributed by atoms with van der Waals surface area (Å²) in [4.78, 5) is 2.66. The molecule has 2 aliphatic rings. The molecule has 1 aromatic carbocycles. The molecule has 1 aliphatic carbocycles. The van der Waals surface area contributed by atoms with Crippen molar-refractivity contribution >= 4 is 0 Å². The first-order chi connectivity index (χ1) is 9.86. The van der Waals surface area contributed by atoms with Gasteiger partial charge in [0.2, 0.25) is 0 Å². The lowest BCUT2D eigenvalue weighted by Crippen LogP contribution is -2.44. The summed E-state index contributed by atoms with van der Waals surface area (Å²) >= 11 is 0. The summed E-state index contributed by atoms with van der Waals surface area (Å²) in [6.07, 6.45) is 7.80. The van der Waals surface area contributed by atoms with Gasteiger partial charge in [0, 0.05) is 19.2 Å². The maximum atomic E-state index is 9.37. The first kappa shape index (κ1) is 14.1. The molecule has 1 saturated carbocycles. The first-order valence-corrected chi connectivity index (χ1v) is 8.26. The third-order valence-electron chi connectivity index (χ3n) is 5.29. The fourth-order valence-electron chi connectivity index (χ4n) is 4.08. The summed E-state index contributed by atoms with van der Waals surface area (Å²) < 4.78 is 0. The smallest absolute Gasteiger partial charge is 0.0471 e. The molecule has 1 saturated heterocycles. The topological polar surface area (TPSA) is 23.5 Å². The molecule has 1 heterocycles. The van der Waals surface area contributed by atoms with Gasteiger partial charge in [0.05, 0.1) is 0 Å². The molecule has 3 rings (SSSR count). The van der Waals surface area contributed by atoms with Crippen LogP contribution in [0.15, 0.2) is 30.3 Å². The van der Waals surface area contributed by atoms with Gasteiger partial charge in [-0.25, -0.2) is 0 Å². The Labute approximate surface area is 122 Å². The van der Waals surface area contributed by atoms with E-state index in [2.05, 4.69) is 35.2 Å². The number of piperidine rings is 1. The van der Waals surface area contributed by atoms with Crippen LogP contribution >= 0.6 is 0 Å². The van der Waals surface area contributed by atoms with Crippen molar-refractivity contribution in [2.45, 2.75) is 50.5 Å². The highest BCUT2D eigenvalue weighted by Crippen LogP contribution is 2.35.